The first-order chi connectivity index (χ1) is 17.6. The number of hydrogen-bond donors (Lipinski definition) is 2. The van der Waals surface area contributed by atoms with Crippen LogP contribution in [-0.4, -0.2) is 90.1 Å². The third-order valence-electron chi connectivity index (χ3n) is 6.62. The van der Waals surface area contributed by atoms with E-state index in [0.29, 0.717) is 35.2 Å². The van der Waals surface area contributed by atoms with E-state index in [1.807, 2.05) is 12.3 Å². The minimum Gasteiger partial charge on any atom is -0.494 e. The van der Waals surface area contributed by atoms with Crippen LogP contribution in [0.15, 0.2) is 23.8 Å². The molecule has 5 heterocycles. The quantitative estimate of drug-likeness (QED) is 0.358. The molecule has 10 nitrogen and oxygen atoms in total. The molecule has 6 rings (SSSR count). The number of piperazine rings is 1. The molecule has 0 unspecified atom stereocenters. The number of aromatic nitrogens is 4. The highest BCUT2D eigenvalue weighted by atomic mass is 32.1. The molecule has 2 fully saturated rings. The summed E-state index contributed by atoms with van der Waals surface area (Å²) in [7, 11) is 5.38. The molecule has 0 aromatic carbocycles. The first kappa shape index (κ1) is 24.4. The maximum Gasteiger partial charge on any atom is 0.227 e. The zero-order chi connectivity index (χ0) is 25.1. The van der Waals surface area contributed by atoms with Crippen molar-refractivity contribution in [2.45, 2.75) is 12.8 Å². The molecule has 1 amide bonds. The molecule has 2 N–H and O–H groups in total. The Kier molecular flexibility index (Phi) is 7.30. The number of hydrogen-bond acceptors (Lipinski definition) is 9. The van der Waals surface area contributed by atoms with Crippen molar-refractivity contribution in [3.8, 4) is 22.8 Å². The van der Waals surface area contributed by atoms with Gasteiger partial charge in [-0.15, -0.1) is 11.3 Å². The van der Waals surface area contributed by atoms with Gasteiger partial charge in [0.15, 0.2) is 11.4 Å². The number of pyridine rings is 2. The van der Waals surface area contributed by atoms with Crippen LogP contribution in [-0.2, 0) is 4.79 Å². The molecule has 36 heavy (non-hydrogen) atoms. The SMILES string of the molecule is CN1CCN(CC2CC2)CC1.COc1nc2ncsc2c(OC)c1-c1c[nH]c2nc(NC=O)ccc12.[HH].[HH]. The molecule has 1 saturated carbocycles. The lowest BCUT2D eigenvalue weighted by atomic mass is 10.1. The number of aromatic amines is 1. The molecule has 1 saturated heterocycles. The second kappa shape index (κ2) is 10.8. The second-order valence-electron chi connectivity index (χ2n) is 9.14. The van der Waals surface area contributed by atoms with Crippen molar-refractivity contribution in [2.75, 3.05) is 59.3 Å². The van der Waals surface area contributed by atoms with E-state index < -0.39 is 0 Å². The van der Waals surface area contributed by atoms with Crippen LogP contribution in [0.1, 0.15) is 15.7 Å². The highest BCUT2D eigenvalue weighted by molar-refractivity contribution is 7.17. The van der Waals surface area contributed by atoms with Crippen molar-refractivity contribution in [3.63, 3.8) is 0 Å². The fourth-order valence-electron chi connectivity index (χ4n) is 4.47. The van der Waals surface area contributed by atoms with E-state index in [4.69, 9.17) is 9.47 Å². The van der Waals surface area contributed by atoms with Gasteiger partial charge < -0.3 is 29.6 Å². The Hall–Kier alpha value is -3.28. The summed E-state index contributed by atoms with van der Waals surface area (Å²) in [5.41, 5.74) is 4.51. The van der Waals surface area contributed by atoms with Gasteiger partial charge in [0, 0.05) is 52.7 Å². The van der Waals surface area contributed by atoms with Crippen molar-refractivity contribution in [3.05, 3.63) is 23.8 Å². The van der Waals surface area contributed by atoms with Crippen LogP contribution in [0, 0.1) is 5.92 Å². The van der Waals surface area contributed by atoms with E-state index in [1.54, 1.807) is 25.8 Å². The first-order valence-corrected chi connectivity index (χ1v) is 12.9. The van der Waals surface area contributed by atoms with Crippen molar-refractivity contribution < 1.29 is 17.1 Å². The minimum absolute atomic E-state index is 0. The Morgan fingerprint density at radius 3 is 2.69 bits per heavy atom. The van der Waals surface area contributed by atoms with Gasteiger partial charge >= 0.3 is 0 Å². The van der Waals surface area contributed by atoms with Gasteiger partial charge in [-0.05, 0) is 37.9 Å². The third-order valence-corrected chi connectivity index (χ3v) is 7.44. The largest absolute Gasteiger partial charge is 0.494 e. The number of likely N-dealkylation sites (N-methyl/N-ethyl adjacent to an activating group) is 1. The number of amides is 1. The van der Waals surface area contributed by atoms with Crippen LogP contribution >= 0.6 is 11.3 Å². The summed E-state index contributed by atoms with van der Waals surface area (Å²) in [6.45, 7) is 6.52. The van der Waals surface area contributed by atoms with Gasteiger partial charge in [-0.3, -0.25) is 4.79 Å². The Labute approximate surface area is 216 Å². The fraction of sp³-hybridized carbons (Fsp3) is 0.440. The van der Waals surface area contributed by atoms with Gasteiger partial charge in [-0.2, -0.15) is 4.98 Å². The van der Waals surface area contributed by atoms with Crippen LogP contribution in [0.2, 0.25) is 0 Å². The number of nitrogens with one attached hydrogen (secondary N) is 2. The van der Waals surface area contributed by atoms with Gasteiger partial charge in [0.05, 0.1) is 25.3 Å². The van der Waals surface area contributed by atoms with Crippen LogP contribution in [0.4, 0.5) is 5.82 Å². The van der Waals surface area contributed by atoms with Crippen LogP contribution in [0.3, 0.4) is 0 Å². The van der Waals surface area contributed by atoms with E-state index in [9.17, 15) is 4.79 Å². The van der Waals surface area contributed by atoms with Crippen LogP contribution in [0.5, 0.6) is 11.6 Å². The lowest BCUT2D eigenvalue weighted by Crippen LogP contribution is -2.45. The normalized spacial score (nSPS) is 16.5. The molecule has 0 spiro atoms. The molecule has 0 atom stereocenters. The molecule has 1 aliphatic carbocycles. The number of ether oxygens (including phenoxy) is 2. The smallest absolute Gasteiger partial charge is 0.227 e. The maximum absolute atomic E-state index is 10.6. The van der Waals surface area contributed by atoms with Gasteiger partial charge in [0.1, 0.15) is 16.2 Å². The minimum atomic E-state index is 0. The summed E-state index contributed by atoms with van der Waals surface area (Å²) < 4.78 is 12.0. The Bertz CT molecular complexity index is 1350. The molecular weight excluding hydrogens is 478 g/mol. The summed E-state index contributed by atoms with van der Waals surface area (Å²) in [5.74, 6) is 2.61. The average Bonchev–Trinajstić information content (AvgIpc) is 3.42. The topological polar surface area (TPSA) is 108 Å². The monoisotopic (exact) mass is 513 g/mol. The van der Waals surface area contributed by atoms with Crippen molar-refractivity contribution in [1.82, 2.24) is 29.7 Å². The summed E-state index contributed by atoms with van der Waals surface area (Å²) in [6.07, 6.45) is 5.39. The number of H-pyrrole nitrogens is 1. The number of carbonyl (C=O) groups excluding carboxylic acids is 1. The number of anilines is 1. The molecule has 0 radical (unpaired) electrons. The number of thiazole rings is 1. The van der Waals surface area contributed by atoms with Crippen molar-refractivity contribution in [2.24, 2.45) is 5.92 Å². The summed E-state index contributed by atoms with van der Waals surface area (Å²) in [4.78, 5) is 31.8. The van der Waals surface area contributed by atoms with E-state index in [2.05, 4.69) is 42.1 Å². The van der Waals surface area contributed by atoms with E-state index >= 15 is 0 Å². The number of rotatable bonds is 7. The zero-order valence-electron chi connectivity index (χ0n) is 20.8. The molecule has 2 aliphatic rings. The molecule has 4 aromatic heterocycles. The number of methoxy groups -OCH3 is 2. The van der Waals surface area contributed by atoms with Crippen molar-refractivity contribution >= 4 is 44.9 Å². The van der Waals surface area contributed by atoms with E-state index in [0.717, 1.165) is 27.1 Å². The van der Waals surface area contributed by atoms with Gasteiger partial charge in [0.25, 0.3) is 0 Å². The lowest BCUT2D eigenvalue weighted by molar-refractivity contribution is -0.105. The summed E-state index contributed by atoms with van der Waals surface area (Å²) >= 11 is 1.45. The average molecular weight is 514 g/mol. The molecule has 4 aromatic rings. The molecule has 0 bridgehead atoms. The number of carbonyl (C=O) groups is 1. The third kappa shape index (κ3) is 5.13. The van der Waals surface area contributed by atoms with Gasteiger partial charge in [-0.1, -0.05) is 0 Å². The first-order valence-electron chi connectivity index (χ1n) is 12.1. The van der Waals surface area contributed by atoms with E-state index in [1.165, 1.54) is 56.9 Å². The van der Waals surface area contributed by atoms with Crippen molar-refractivity contribution in [1.29, 1.82) is 0 Å². The predicted molar refractivity (Wildman–Crippen MR) is 146 cm³/mol. The predicted octanol–water partition coefficient (Wildman–Crippen LogP) is 3.96. The zero-order valence-corrected chi connectivity index (χ0v) is 21.6. The Balaban J connectivity index is 0.000000260. The van der Waals surface area contributed by atoms with Crippen LogP contribution < -0.4 is 14.8 Å². The van der Waals surface area contributed by atoms with Gasteiger partial charge in [0.2, 0.25) is 12.3 Å². The molecular formula is C25H35N7O3S. The summed E-state index contributed by atoms with van der Waals surface area (Å²) in [5, 5.41) is 3.39. The maximum atomic E-state index is 10.6. The second-order valence-corrected chi connectivity index (χ2v) is 9.99. The fourth-order valence-corrected chi connectivity index (χ4v) is 5.22. The van der Waals surface area contributed by atoms with Crippen LogP contribution in [0.25, 0.3) is 32.5 Å². The lowest BCUT2D eigenvalue weighted by Gasteiger charge is -2.32. The van der Waals surface area contributed by atoms with Gasteiger partial charge in [-0.25, -0.2) is 9.97 Å². The highest BCUT2D eigenvalue weighted by Crippen LogP contribution is 2.45. The van der Waals surface area contributed by atoms with E-state index in [-0.39, 0.29) is 2.85 Å². The Morgan fingerprint density at radius 1 is 1.19 bits per heavy atom. The number of nitrogens with zero attached hydrogens (tertiary/aromatic N) is 5. The molecule has 11 heteroatoms. The summed E-state index contributed by atoms with van der Waals surface area (Å²) in [6, 6.07) is 3.60. The number of fused-ring (bicyclic) bond motifs is 2. The molecule has 1 aliphatic heterocycles. The Morgan fingerprint density at radius 2 is 2.00 bits per heavy atom. The molecule has 194 valence electrons. The standard InChI is InChI=1S/C16H13N5O3S.C9H18N2.2H2/c1-23-12-11(16(24-2)21-15-13(12)25-7-19-15)9-5-17-14-8(9)3-4-10(20-14)18-6-22;1-10-4-6-11(7-5-10)8-9-2-3-9;;/h3-7H,1-2H3,(H2,17,18,20,22);9H,2-8H2,1H3;2*1H. The highest BCUT2D eigenvalue weighted by Gasteiger charge is 2.25.